The van der Waals surface area contributed by atoms with Crippen molar-refractivity contribution in [3.8, 4) is 0 Å². The zero-order valence-corrected chi connectivity index (χ0v) is 10.2. The molecule has 0 saturated heterocycles. The van der Waals surface area contributed by atoms with Gasteiger partial charge in [-0.15, -0.1) is 0 Å². The van der Waals surface area contributed by atoms with Gasteiger partial charge >= 0.3 is 6.18 Å². The van der Waals surface area contributed by atoms with E-state index >= 15 is 0 Å². The zero-order valence-electron chi connectivity index (χ0n) is 10.2. The van der Waals surface area contributed by atoms with Crippen LogP contribution in [0.2, 0.25) is 0 Å². The fourth-order valence-electron chi connectivity index (χ4n) is 2.13. The lowest BCUT2D eigenvalue weighted by atomic mass is 10.1. The van der Waals surface area contributed by atoms with Crippen LogP contribution in [0.25, 0.3) is 0 Å². The summed E-state index contributed by atoms with van der Waals surface area (Å²) in [5.74, 6) is 0. The van der Waals surface area contributed by atoms with E-state index in [1.54, 1.807) is 25.1 Å². The molecule has 1 N–H and O–H groups in total. The van der Waals surface area contributed by atoms with E-state index < -0.39 is 12.7 Å². The van der Waals surface area contributed by atoms with Gasteiger partial charge in [-0.2, -0.15) is 13.2 Å². The smallest absolute Gasteiger partial charge is 0.392 e. The molecule has 1 fully saturated rings. The molecule has 1 aliphatic carbocycles. The number of alkyl halides is 3. The van der Waals surface area contributed by atoms with Crippen LogP contribution in [-0.2, 0) is 6.61 Å². The molecule has 0 aliphatic heterocycles. The van der Waals surface area contributed by atoms with Crippen LogP contribution in [0.15, 0.2) is 18.2 Å². The zero-order chi connectivity index (χ0) is 13.3. The average Bonchev–Trinajstić information content (AvgIpc) is 3.08. The predicted octanol–water partition coefficient (Wildman–Crippen LogP) is 3.02. The van der Waals surface area contributed by atoms with Crippen LogP contribution in [0.4, 0.5) is 18.9 Å². The van der Waals surface area contributed by atoms with Crippen molar-refractivity contribution in [1.29, 1.82) is 0 Å². The number of aliphatic hydroxyl groups is 1. The van der Waals surface area contributed by atoms with Gasteiger partial charge in [0.2, 0.25) is 0 Å². The van der Waals surface area contributed by atoms with Crippen molar-refractivity contribution in [1.82, 2.24) is 0 Å². The van der Waals surface area contributed by atoms with Crippen molar-refractivity contribution in [3.63, 3.8) is 0 Å². The number of nitrogens with zero attached hydrogens (tertiary/aromatic N) is 1. The molecule has 0 aromatic heterocycles. The molecule has 0 atom stereocenters. The van der Waals surface area contributed by atoms with Gasteiger partial charge in [-0.25, -0.2) is 0 Å². The molecule has 2 nitrogen and oxygen atoms in total. The molecule has 100 valence electrons. The molecule has 1 aliphatic rings. The summed E-state index contributed by atoms with van der Waals surface area (Å²) in [4.78, 5) is 1.43. The van der Waals surface area contributed by atoms with E-state index in [1.165, 1.54) is 4.90 Å². The Labute approximate surface area is 104 Å². The van der Waals surface area contributed by atoms with Crippen molar-refractivity contribution in [2.45, 2.75) is 38.6 Å². The number of benzene rings is 1. The molecule has 0 amide bonds. The topological polar surface area (TPSA) is 23.5 Å². The van der Waals surface area contributed by atoms with Gasteiger partial charge in [0.25, 0.3) is 0 Å². The fourth-order valence-corrected chi connectivity index (χ4v) is 2.13. The summed E-state index contributed by atoms with van der Waals surface area (Å²) in [5, 5.41) is 9.01. The highest BCUT2D eigenvalue weighted by molar-refractivity contribution is 5.56. The van der Waals surface area contributed by atoms with Gasteiger partial charge in [0.15, 0.2) is 0 Å². The maximum absolute atomic E-state index is 12.6. The van der Waals surface area contributed by atoms with E-state index in [0.29, 0.717) is 5.69 Å². The first kappa shape index (κ1) is 13.2. The van der Waals surface area contributed by atoms with Gasteiger partial charge in [-0.05, 0) is 37.0 Å². The normalized spacial score (nSPS) is 15.8. The summed E-state index contributed by atoms with van der Waals surface area (Å²) in [5.41, 5.74) is 2.11. The lowest BCUT2D eigenvalue weighted by Gasteiger charge is -2.27. The van der Waals surface area contributed by atoms with E-state index in [1.807, 2.05) is 0 Å². The summed E-state index contributed by atoms with van der Waals surface area (Å²) >= 11 is 0. The standard InChI is InChI=1S/C13H16F3NO/c1-9-6-10(7-18)2-5-12(9)17(11-3-4-11)8-13(14,15)16/h2,5-6,11,18H,3-4,7-8H2,1H3. The lowest BCUT2D eigenvalue weighted by molar-refractivity contribution is -0.120. The number of aliphatic hydroxyl groups excluding tert-OH is 1. The SMILES string of the molecule is Cc1cc(CO)ccc1N(CC(F)(F)F)C1CC1. The number of hydrogen-bond donors (Lipinski definition) is 1. The van der Waals surface area contributed by atoms with Crippen LogP contribution in [0, 0.1) is 6.92 Å². The van der Waals surface area contributed by atoms with Gasteiger partial charge < -0.3 is 10.0 Å². The number of rotatable bonds is 4. The van der Waals surface area contributed by atoms with Crippen molar-refractivity contribution in [3.05, 3.63) is 29.3 Å². The third-order valence-corrected chi connectivity index (χ3v) is 3.09. The fraction of sp³-hybridized carbons (Fsp3) is 0.538. The number of halogens is 3. The van der Waals surface area contributed by atoms with Crippen LogP contribution < -0.4 is 4.90 Å². The second kappa shape index (κ2) is 4.80. The number of aryl methyl sites for hydroxylation is 1. The predicted molar refractivity (Wildman–Crippen MR) is 63.5 cm³/mol. The van der Waals surface area contributed by atoms with E-state index in [0.717, 1.165) is 24.0 Å². The first-order valence-electron chi connectivity index (χ1n) is 5.94. The van der Waals surface area contributed by atoms with E-state index in [9.17, 15) is 13.2 Å². The Morgan fingerprint density at radius 3 is 2.44 bits per heavy atom. The van der Waals surface area contributed by atoms with Crippen LogP contribution in [0.1, 0.15) is 24.0 Å². The molecule has 0 radical (unpaired) electrons. The van der Waals surface area contributed by atoms with E-state index in [4.69, 9.17) is 5.11 Å². The van der Waals surface area contributed by atoms with Crippen molar-refractivity contribution in [2.75, 3.05) is 11.4 Å². The molecule has 1 saturated carbocycles. The quantitative estimate of drug-likeness (QED) is 0.898. The van der Waals surface area contributed by atoms with Crippen LogP contribution in [0.3, 0.4) is 0 Å². The molecule has 18 heavy (non-hydrogen) atoms. The van der Waals surface area contributed by atoms with E-state index in [-0.39, 0.29) is 12.6 Å². The minimum absolute atomic E-state index is 0.00491. The van der Waals surface area contributed by atoms with Gasteiger partial charge in [-0.3, -0.25) is 0 Å². The first-order chi connectivity index (χ1) is 8.40. The highest BCUT2D eigenvalue weighted by Gasteiger charge is 2.38. The molecule has 0 heterocycles. The van der Waals surface area contributed by atoms with Crippen molar-refractivity contribution in [2.24, 2.45) is 0 Å². The summed E-state index contributed by atoms with van der Waals surface area (Å²) in [6.07, 6.45) is -2.56. The summed E-state index contributed by atoms with van der Waals surface area (Å²) in [7, 11) is 0. The molecule has 0 unspecified atom stereocenters. The summed E-state index contributed by atoms with van der Waals surface area (Å²) in [6.45, 7) is 0.779. The van der Waals surface area contributed by atoms with Gasteiger partial charge in [0.05, 0.1) is 6.61 Å². The first-order valence-corrected chi connectivity index (χ1v) is 5.94. The number of hydrogen-bond acceptors (Lipinski definition) is 2. The highest BCUT2D eigenvalue weighted by Crippen LogP contribution is 2.36. The van der Waals surface area contributed by atoms with Crippen LogP contribution >= 0.6 is 0 Å². The molecule has 1 aromatic carbocycles. The Bertz CT molecular complexity index is 427. The minimum Gasteiger partial charge on any atom is -0.392 e. The maximum atomic E-state index is 12.6. The summed E-state index contributed by atoms with van der Waals surface area (Å²) in [6, 6.07) is 5.09. The number of anilines is 1. The Kier molecular flexibility index (Phi) is 3.52. The monoisotopic (exact) mass is 259 g/mol. The van der Waals surface area contributed by atoms with E-state index in [2.05, 4.69) is 0 Å². The van der Waals surface area contributed by atoms with Crippen LogP contribution in [0.5, 0.6) is 0 Å². The summed E-state index contributed by atoms with van der Waals surface area (Å²) < 4.78 is 37.7. The Hall–Kier alpha value is -1.23. The molecular formula is C13H16F3NO. The van der Waals surface area contributed by atoms with Crippen molar-refractivity contribution < 1.29 is 18.3 Å². The second-order valence-corrected chi connectivity index (χ2v) is 4.75. The molecular weight excluding hydrogens is 243 g/mol. The molecule has 2 rings (SSSR count). The second-order valence-electron chi connectivity index (χ2n) is 4.75. The average molecular weight is 259 g/mol. The highest BCUT2D eigenvalue weighted by atomic mass is 19.4. The molecule has 0 bridgehead atoms. The molecule has 5 heteroatoms. The molecule has 1 aromatic rings. The third-order valence-electron chi connectivity index (χ3n) is 3.09. The minimum atomic E-state index is -4.19. The lowest BCUT2D eigenvalue weighted by Crippen LogP contribution is -2.36. The van der Waals surface area contributed by atoms with Crippen LogP contribution in [-0.4, -0.2) is 23.9 Å². The largest absolute Gasteiger partial charge is 0.405 e. The van der Waals surface area contributed by atoms with Crippen molar-refractivity contribution >= 4 is 5.69 Å². The Balaban J connectivity index is 2.25. The maximum Gasteiger partial charge on any atom is 0.405 e. The Morgan fingerprint density at radius 2 is 2.00 bits per heavy atom. The van der Waals surface area contributed by atoms with Gasteiger partial charge in [-0.1, -0.05) is 12.1 Å². The van der Waals surface area contributed by atoms with Gasteiger partial charge in [0, 0.05) is 11.7 Å². The third kappa shape index (κ3) is 3.16. The molecule has 0 spiro atoms. The Morgan fingerprint density at radius 1 is 1.33 bits per heavy atom. The van der Waals surface area contributed by atoms with Gasteiger partial charge in [0.1, 0.15) is 6.54 Å².